The zero-order valence-electron chi connectivity index (χ0n) is 6.30. The highest BCUT2D eigenvalue weighted by Gasteiger charge is 2.09. The second kappa shape index (κ2) is 3.24. The van der Waals surface area contributed by atoms with E-state index in [9.17, 15) is 4.79 Å². The second-order valence-corrected chi connectivity index (χ2v) is 4.02. The summed E-state index contributed by atoms with van der Waals surface area (Å²) in [5.41, 5.74) is 0. The molecular weight excluding hydrogens is 182 g/mol. The fraction of sp³-hybridized carbons (Fsp3) is 0.286. The molecule has 1 aromatic heterocycles. The van der Waals surface area contributed by atoms with Gasteiger partial charge in [-0.1, -0.05) is 11.6 Å². The van der Waals surface area contributed by atoms with Crippen LogP contribution in [0.4, 0.5) is 0 Å². The SMILES string of the molecule is CN(C)C(=O)c1ccc(Cl)s1. The summed E-state index contributed by atoms with van der Waals surface area (Å²) in [6.45, 7) is 0. The Balaban J connectivity index is 2.85. The second-order valence-electron chi connectivity index (χ2n) is 2.30. The molecule has 0 aliphatic rings. The third kappa shape index (κ3) is 1.94. The van der Waals surface area contributed by atoms with Crippen molar-refractivity contribution in [1.82, 2.24) is 4.90 Å². The van der Waals surface area contributed by atoms with Crippen molar-refractivity contribution in [1.29, 1.82) is 0 Å². The van der Waals surface area contributed by atoms with Gasteiger partial charge in [0.05, 0.1) is 9.21 Å². The number of hydrogen-bond donors (Lipinski definition) is 0. The number of halogens is 1. The Morgan fingerprint density at radius 1 is 1.55 bits per heavy atom. The van der Waals surface area contributed by atoms with E-state index in [1.54, 1.807) is 26.2 Å². The van der Waals surface area contributed by atoms with Crippen LogP contribution in [-0.2, 0) is 0 Å². The van der Waals surface area contributed by atoms with Crippen molar-refractivity contribution >= 4 is 28.8 Å². The van der Waals surface area contributed by atoms with Crippen molar-refractivity contribution in [2.75, 3.05) is 14.1 Å². The average Bonchev–Trinajstić information content (AvgIpc) is 2.34. The molecular formula is C7H8ClNOS. The van der Waals surface area contributed by atoms with E-state index in [1.807, 2.05) is 0 Å². The lowest BCUT2D eigenvalue weighted by Gasteiger charge is -2.06. The normalized spacial score (nSPS) is 9.73. The monoisotopic (exact) mass is 189 g/mol. The molecule has 0 aliphatic carbocycles. The van der Waals surface area contributed by atoms with Crippen molar-refractivity contribution in [2.24, 2.45) is 0 Å². The van der Waals surface area contributed by atoms with Gasteiger partial charge in [-0.15, -0.1) is 11.3 Å². The van der Waals surface area contributed by atoms with Crippen LogP contribution in [0.1, 0.15) is 9.67 Å². The van der Waals surface area contributed by atoms with Gasteiger partial charge in [0.1, 0.15) is 0 Å². The molecule has 0 N–H and O–H groups in total. The fourth-order valence-corrected chi connectivity index (χ4v) is 1.71. The molecule has 0 aliphatic heterocycles. The van der Waals surface area contributed by atoms with Crippen LogP contribution in [0.15, 0.2) is 12.1 Å². The number of nitrogens with zero attached hydrogens (tertiary/aromatic N) is 1. The van der Waals surface area contributed by atoms with E-state index in [0.717, 1.165) is 0 Å². The van der Waals surface area contributed by atoms with Gasteiger partial charge < -0.3 is 4.90 Å². The lowest BCUT2D eigenvalue weighted by Crippen LogP contribution is -2.20. The molecule has 1 heterocycles. The van der Waals surface area contributed by atoms with Crippen LogP contribution < -0.4 is 0 Å². The van der Waals surface area contributed by atoms with E-state index in [2.05, 4.69) is 0 Å². The summed E-state index contributed by atoms with van der Waals surface area (Å²) >= 11 is 6.96. The van der Waals surface area contributed by atoms with E-state index < -0.39 is 0 Å². The van der Waals surface area contributed by atoms with Crippen molar-refractivity contribution in [3.63, 3.8) is 0 Å². The third-order valence-electron chi connectivity index (χ3n) is 1.19. The van der Waals surface area contributed by atoms with Crippen LogP contribution in [0.25, 0.3) is 0 Å². The van der Waals surface area contributed by atoms with Gasteiger partial charge >= 0.3 is 0 Å². The number of rotatable bonds is 1. The Hall–Kier alpha value is -0.540. The Bertz CT molecular complexity index is 269. The summed E-state index contributed by atoms with van der Waals surface area (Å²) in [7, 11) is 3.44. The molecule has 0 fully saturated rings. The van der Waals surface area contributed by atoms with Gasteiger partial charge in [0, 0.05) is 14.1 Å². The van der Waals surface area contributed by atoms with Crippen LogP contribution in [0.5, 0.6) is 0 Å². The van der Waals surface area contributed by atoms with Gasteiger partial charge in [-0.2, -0.15) is 0 Å². The van der Waals surface area contributed by atoms with E-state index in [4.69, 9.17) is 11.6 Å². The van der Waals surface area contributed by atoms with E-state index >= 15 is 0 Å². The van der Waals surface area contributed by atoms with E-state index in [1.165, 1.54) is 16.2 Å². The van der Waals surface area contributed by atoms with E-state index in [-0.39, 0.29) is 5.91 Å². The van der Waals surface area contributed by atoms with Crippen molar-refractivity contribution in [2.45, 2.75) is 0 Å². The van der Waals surface area contributed by atoms with Gasteiger partial charge in [-0.25, -0.2) is 0 Å². The molecule has 0 radical (unpaired) electrons. The first kappa shape index (κ1) is 8.56. The quantitative estimate of drug-likeness (QED) is 0.663. The zero-order chi connectivity index (χ0) is 8.43. The molecule has 60 valence electrons. The highest BCUT2D eigenvalue weighted by Crippen LogP contribution is 2.21. The van der Waals surface area contributed by atoms with Gasteiger partial charge in [-0.3, -0.25) is 4.79 Å². The number of amides is 1. The van der Waals surface area contributed by atoms with Gasteiger partial charge in [-0.05, 0) is 12.1 Å². The Kier molecular flexibility index (Phi) is 2.52. The summed E-state index contributed by atoms with van der Waals surface area (Å²) in [6, 6.07) is 3.46. The van der Waals surface area contributed by atoms with Crippen molar-refractivity contribution in [3.05, 3.63) is 21.3 Å². The molecule has 1 amide bonds. The highest BCUT2D eigenvalue weighted by molar-refractivity contribution is 7.17. The molecule has 2 nitrogen and oxygen atoms in total. The average molecular weight is 190 g/mol. The minimum atomic E-state index is 0.00176. The lowest BCUT2D eigenvalue weighted by molar-refractivity contribution is 0.0832. The highest BCUT2D eigenvalue weighted by atomic mass is 35.5. The Morgan fingerprint density at radius 2 is 2.18 bits per heavy atom. The Labute approximate surface area is 74.4 Å². The van der Waals surface area contributed by atoms with Crippen molar-refractivity contribution in [3.8, 4) is 0 Å². The minimum absolute atomic E-state index is 0.00176. The molecule has 11 heavy (non-hydrogen) atoms. The van der Waals surface area contributed by atoms with Crippen LogP contribution in [-0.4, -0.2) is 24.9 Å². The summed E-state index contributed by atoms with van der Waals surface area (Å²) in [4.78, 5) is 13.4. The molecule has 0 saturated heterocycles. The predicted molar refractivity (Wildman–Crippen MR) is 47.3 cm³/mol. The van der Waals surface area contributed by atoms with Gasteiger partial charge in [0.2, 0.25) is 0 Å². The first-order chi connectivity index (χ1) is 5.11. The zero-order valence-corrected chi connectivity index (χ0v) is 7.87. The smallest absolute Gasteiger partial charge is 0.263 e. The molecule has 0 atom stereocenters. The molecule has 4 heteroatoms. The van der Waals surface area contributed by atoms with Gasteiger partial charge in [0.15, 0.2) is 0 Å². The summed E-state index contributed by atoms with van der Waals surface area (Å²) in [6.07, 6.45) is 0. The van der Waals surface area contributed by atoms with Crippen molar-refractivity contribution < 1.29 is 4.79 Å². The van der Waals surface area contributed by atoms with Crippen LogP contribution in [0, 0.1) is 0 Å². The fourth-order valence-electron chi connectivity index (χ4n) is 0.650. The molecule has 1 rings (SSSR count). The third-order valence-corrected chi connectivity index (χ3v) is 2.41. The number of carbonyl (C=O) groups is 1. The van der Waals surface area contributed by atoms with Crippen LogP contribution >= 0.6 is 22.9 Å². The lowest BCUT2D eigenvalue weighted by atomic mass is 10.4. The maximum atomic E-state index is 11.2. The topological polar surface area (TPSA) is 20.3 Å². The largest absolute Gasteiger partial charge is 0.344 e. The summed E-state index contributed by atoms with van der Waals surface area (Å²) in [5, 5.41) is 0. The number of carbonyl (C=O) groups excluding carboxylic acids is 1. The van der Waals surface area contributed by atoms with E-state index in [0.29, 0.717) is 9.21 Å². The van der Waals surface area contributed by atoms with Crippen LogP contribution in [0.2, 0.25) is 4.34 Å². The first-order valence-electron chi connectivity index (χ1n) is 3.08. The maximum Gasteiger partial charge on any atom is 0.263 e. The summed E-state index contributed by atoms with van der Waals surface area (Å²) in [5.74, 6) is 0.00176. The number of thiophene rings is 1. The maximum absolute atomic E-state index is 11.2. The molecule has 0 unspecified atom stereocenters. The molecule has 1 aromatic rings. The van der Waals surface area contributed by atoms with Crippen LogP contribution in [0.3, 0.4) is 0 Å². The Morgan fingerprint density at radius 3 is 2.55 bits per heavy atom. The number of hydrogen-bond acceptors (Lipinski definition) is 2. The predicted octanol–water partition coefficient (Wildman–Crippen LogP) is 2.10. The standard InChI is InChI=1S/C7H8ClNOS/c1-9(2)7(10)5-3-4-6(8)11-5/h3-4H,1-2H3. The molecule has 0 saturated carbocycles. The molecule has 0 bridgehead atoms. The molecule has 0 aromatic carbocycles. The molecule has 0 spiro atoms. The van der Waals surface area contributed by atoms with Gasteiger partial charge in [0.25, 0.3) is 5.91 Å². The summed E-state index contributed by atoms with van der Waals surface area (Å²) < 4.78 is 0.648. The minimum Gasteiger partial charge on any atom is -0.344 e. The first-order valence-corrected chi connectivity index (χ1v) is 4.27.